The van der Waals surface area contributed by atoms with Gasteiger partial charge in [0.25, 0.3) is 0 Å². The highest BCUT2D eigenvalue weighted by Crippen LogP contribution is 2.31. The molecule has 0 saturated carbocycles. The van der Waals surface area contributed by atoms with Crippen LogP contribution in [0.3, 0.4) is 0 Å². The minimum Gasteiger partial charge on any atom is -0.369 e. The molecule has 0 heterocycles. The van der Waals surface area contributed by atoms with Crippen LogP contribution in [0.5, 0.6) is 0 Å². The largest absolute Gasteiger partial charge is 0.369 e. The van der Waals surface area contributed by atoms with Gasteiger partial charge in [0.15, 0.2) is 0 Å². The van der Waals surface area contributed by atoms with Gasteiger partial charge in [0, 0.05) is 28.3 Å². The third-order valence-electron chi connectivity index (χ3n) is 3.28. The molecule has 24 heavy (non-hydrogen) atoms. The summed E-state index contributed by atoms with van der Waals surface area (Å²) in [7, 11) is 1.86. The van der Waals surface area contributed by atoms with Crippen molar-refractivity contribution in [2.24, 2.45) is 10.7 Å². The maximum Gasteiger partial charge on any atom is 0.200 e. The van der Waals surface area contributed by atoms with E-state index in [4.69, 9.17) is 17.3 Å². The molecular weight excluding hydrogens is 364 g/mol. The zero-order chi connectivity index (χ0) is 17.5. The van der Waals surface area contributed by atoms with Crippen LogP contribution in [-0.2, 0) is 0 Å². The molecule has 0 aromatic heterocycles. The maximum absolute atomic E-state index is 12.3. The molecule has 0 radical (unpaired) electrons. The van der Waals surface area contributed by atoms with Crippen LogP contribution < -0.4 is 10.6 Å². The minimum atomic E-state index is -0.372. The predicted octanol–water partition coefficient (Wildman–Crippen LogP) is 5.21. The normalized spacial score (nSPS) is 11.6. The van der Waals surface area contributed by atoms with Gasteiger partial charge in [0.05, 0.1) is 17.4 Å². The fourth-order valence-electron chi connectivity index (χ4n) is 1.97. The fraction of sp³-hybridized carbons (Fsp3) is 0.235. The lowest BCUT2D eigenvalue weighted by molar-refractivity contribution is 0.533. The third-order valence-corrected chi connectivity index (χ3v) is 5.27. The Morgan fingerprint density at radius 1 is 1.25 bits per heavy atom. The summed E-state index contributed by atoms with van der Waals surface area (Å²) in [5.74, 6) is 0.740. The zero-order valence-corrected chi connectivity index (χ0v) is 15.9. The summed E-state index contributed by atoms with van der Waals surface area (Å²) in [6, 6.07) is 13.5. The van der Waals surface area contributed by atoms with Crippen LogP contribution in [0.15, 0.2) is 57.2 Å². The van der Waals surface area contributed by atoms with Gasteiger partial charge in [0.2, 0.25) is 5.96 Å². The van der Waals surface area contributed by atoms with E-state index in [9.17, 15) is 4.39 Å². The van der Waals surface area contributed by atoms with Crippen molar-refractivity contribution in [3.05, 3.63) is 47.5 Å². The van der Waals surface area contributed by atoms with E-state index in [0.717, 1.165) is 15.5 Å². The molecule has 0 aliphatic carbocycles. The minimum absolute atomic E-state index is 0.336. The van der Waals surface area contributed by atoms with E-state index in [1.54, 1.807) is 22.7 Å². The first-order chi connectivity index (χ1) is 11.5. The molecule has 0 fully saturated rings. The average molecular weight is 383 g/mol. The number of rotatable bonds is 6. The van der Waals surface area contributed by atoms with Crippen molar-refractivity contribution in [2.45, 2.75) is 9.79 Å². The molecule has 7 heteroatoms. The Morgan fingerprint density at radius 3 is 2.75 bits per heavy atom. The summed E-state index contributed by atoms with van der Waals surface area (Å²) >= 11 is 9.29. The van der Waals surface area contributed by atoms with E-state index in [1.807, 2.05) is 49.7 Å². The van der Waals surface area contributed by atoms with Crippen LogP contribution in [0.1, 0.15) is 0 Å². The lowest BCUT2D eigenvalue weighted by Crippen LogP contribution is -2.33. The van der Waals surface area contributed by atoms with E-state index < -0.39 is 0 Å². The molecule has 0 aliphatic heterocycles. The van der Waals surface area contributed by atoms with Gasteiger partial charge in [-0.2, -0.15) is 0 Å². The molecule has 128 valence electrons. The number of anilines is 1. The van der Waals surface area contributed by atoms with E-state index in [0.29, 0.717) is 22.4 Å². The van der Waals surface area contributed by atoms with E-state index in [-0.39, 0.29) is 6.67 Å². The van der Waals surface area contributed by atoms with Crippen LogP contribution in [0.2, 0.25) is 5.02 Å². The summed E-state index contributed by atoms with van der Waals surface area (Å²) in [4.78, 5) is 8.30. The Kier molecular flexibility index (Phi) is 7.27. The lowest BCUT2D eigenvalue weighted by Gasteiger charge is -2.19. The first kappa shape index (κ1) is 19.0. The van der Waals surface area contributed by atoms with Crippen molar-refractivity contribution >= 4 is 52.5 Å². The lowest BCUT2D eigenvalue weighted by atomic mass is 10.3. The quantitative estimate of drug-likeness (QED) is 0.423. The number of hydrogen-bond donors (Lipinski definition) is 1. The number of nitrogens with two attached hydrogens (primary N) is 1. The molecule has 2 rings (SSSR count). The van der Waals surface area contributed by atoms with E-state index in [1.165, 1.54) is 11.8 Å². The Bertz CT molecular complexity index is 725. The van der Waals surface area contributed by atoms with Crippen LogP contribution in [0.25, 0.3) is 0 Å². The summed E-state index contributed by atoms with van der Waals surface area (Å²) in [6.45, 7) is -0.372. The maximum atomic E-state index is 12.3. The van der Waals surface area contributed by atoms with Gasteiger partial charge in [-0.15, -0.1) is 23.5 Å². The zero-order valence-electron chi connectivity index (χ0n) is 13.5. The van der Waals surface area contributed by atoms with Crippen molar-refractivity contribution in [2.75, 3.05) is 30.6 Å². The highest BCUT2D eigenvalue weighted by Gasteiger charge is 2.08. The molecule has 0 bridgehead atoms. The molecule has 0 spiro atoms. The Morgan fingerprint density at radius 2 is 2.04 bits per heavy atom. The first-order valence-corrected chi connectivity index (χ1v) is 9.84. The van der Waals surface area contributed by atoms with Gasteiger partial charge < -0.3 is 10.6 Å². The average Bonchev–Trinajstić information content (AvgIpc) is 2.61. The second-order valence-corrected chi connectivity index (χ2v) is 7.34. The second kappa shape index (κ2) is 9.20. The van der Waals surface area contributed by atoms with Gasteiger partial charge in [-0.1, -0.05) is 17.7 Å². The molecule has 0 unspecified atom stereocenters. The molecule has 0 atom stereocenters. The summed E-state index contributed by atoms with van der Waals surface area (Å²) in [5.41, 5.74) is 7.66. The van der Waals surface area contributed by atoms with Crippen molar-refractivity contribution < 1.29 is 4.39 Å². The number of aliphatic imine (C=N–C) groups is 1. The van der Waals surface area contributed by atoms with Crippen molar-refractivity contribution in [3.63, 3.8) is 0 Å². The van der Waals surface area contributed by atoms with E-state index in [2.05, 4.69) is 4.99 Å². The SMILES string of the molecule is CSc1cccc(N(C)C(N)=Nc2cc(SCC[18F])ccc2Cl)c1. The number of thioether (sulfide) groups is 2. The van der Waals surface area contributed by atoms with Gasteiger partial charge in [0.1, 0.15) is 0 Å². The van der Waals surface area contributed by atoms with Crippen LogP contribution in [-0.4, -0.2) is 31.7 Å². The summed E-state index contributed by atoms with van der Waals surface area (Å²) in [6.07, 6.45) is 2.02. The number of benzene rings is 2. The topological polar surface area (TPSA) is 41.6 Å². The smallest absolute Gasteiger partial charge is 0.200 e. The monoisotopic (exact) mass is 382 g/mol. The fourth-order valence-corrected chi connectivity index (χ4v) is 3.26. The summed E-state index contributed by atoms with van der Waals surface area (Å²) < 4.78 is 12.3. The second-order valence-electron chi connectivity index (χ2n) is 4.88. The molecule has 3 nitrogen and oxygen atoms in total. The molecule has 0 amide bonds. The number of hydrogen-bond acceptors (Lipinski definition) is 3. The van der Waals surface area contributed by atoms with Crippen molar-refractivity contribution in [1.82, 2.24) is 0 Å². The Balaban J connectivity index is 2.25. The van der Waals surface area contributed by atoms with Crippen LogP contribution in [0.4, 0.5) is 15.8 Å². The predicted molar refractivity (Wildman–Crippen MR) is 106 cm³/mol. The number of alkyl halides is 1. The van der Waals surface area contributed by atoms with Crippen LogP contribution >= 0.6 is 35.1 Å². The molecule has 2 aromatic carbocycles. The molecule has 2 aromatic rings. The number of guanidine groups is 1. The standard InChI is InChI=1S/C17H19ClFN3S2/c1-22(12-4-3-5-13(10-12)23-2)17(20)21-16-11-14(24-9-8-19)6-7-15(16)18/h3-7,10-11H,8-9H2,1-2H3,(H2,20,21)/i19-1. The third kappa shape index (κ3) is 5.06. The van der Waals surface area contributed by atoms with Crippen molar-refractivity contribution in [1.29, 1.82) is 0 Å². The Hall–Kier alpha value is -1.37. The van der Waals surface area contributed by atoms with Crippen LogP contribution in [0, 0.1) is 0 Å². The number of halogens is 2. The Labute approximate surface area is 155 Å². The van der Waals surface area contributed by atoms with Gasteiger partial charge >= 0.3 is 0 Å². The molecule has 2 N–H and O–H groups in total. The van der Waals surface area contributed by atoms with Gasteiger partial charge in [-0.25, -0.2) is 4.99 Å². The highest BCUT2D eigenvalue weighted by atomic mass is 35.5. The summed E-state index contributed by atoms with van der Waals surface area (Å²) in [5, 5.41) is 0.508. The van der Waals surface area contributed by atoms with Crippen molar-refractivity contribution in [3.8, 4) is 0 Å². The van der Waals surface area contributed by atoms with E-state index >= 15 is 0 Å². The number of nitrogens with zero attached hydrogens (tertiary/aromatic N) is 2. The molecule has 0 aliphatic rings. The highest BCUT2D eigenvalue weighted by molar-refractivity contribution is 7.99. The first-order valence-electron chi connectivity index (χ1n) is 7.25. The van der Waals surface area contributed by atoms with Gasteiger partial charge in [-0.3, -0.25) is 4.39 Å². The molecule has 0 saturated heterocycles. The van der Waals surface area contributed by atoms with Gasteiger partial charge in [-0.05, 0) is 42.7 Å². The molecular formula is C17H19ClFN3S2.